The number of benzene rings is 3. The number of aromatic nitrogens is 3. The summed E-state index contributed by atoms with van der Waals surface area (Å²) in [6, 6.07) is 21.3. The Morgan fingerprint density at radius 2 is 1.73 bits per heavy atom. The van der Waals surface area contributed by atoms with Crippen molar-refractivity contribution in [1.29, 1.82) is 0 Å². The van der Waals surface area contributed by atoms with E-state index in [4.69, 9.17) is 14.3 Å². The minimum Gasteiger partial charge on any atom is -0.497 e. The lowest BCUT2D eigenvalue weighted by Crippen LogP contribution is -2.24. The number of aryl methyl sites for hydroxylation is 2. The van der Waals surface area contributed by atoms with Crippen molar-refractivity contribution in [3.05, 3.63) is 100 Å². The summed E-state index contributed by atoms with van der Waals surface area (Å²) in [5.74, 6) is 1.24. The lowest BCUT2D eigenvalue weighted by Gasteiger charge is -2.13. The zero-order valence-electron chi connectivity index (χ0n) is 18.7. The number of fused-ring (bicyclic) bond motifs is 1. The van der Waals surface area contributed by atoms with Crippen LogP contribution in [0.2, 0.25) is 0 Å². The van der Waals surface area contributed by atoms with Crippen molar-refractivity contribution >= 4 is 10.8 Å². The third-order valence-electron chi connectivity index (χ3n) is 5.72. The molecule has 6 heteroatoms. The highest BCUT2D eigenvalue weighted by atomic mass is 16.5. The Morgan fingerprint density at radius 3 is 2.48 bits per heavy atom. The highest BCUT2D eigenvalue weighted by Gasteiger charge is 2.16. The molecule has 0 unspecified atom stereocenters. The van der Waals surface area contributed by atoms with Gasteiger partial charge < -0.3 is 9.15 Å². The average Bonchev–Trinajstić information content (AvgIpc) is 3.31. The van der Waals surface area contributed by atoms with Gasteiger partial charge in [-0.15, -0.1) is 0 Å². The van der Waals surface area contributed by atoms with Gasteiger partial charge in [0.15, 0.2) is 0 Å². The molecule has 5 rings (SSSR count). The Kier molecular flexibility index (Phi) is 5.26. The Balaban J connectivity index is 1.58. The first-order valence-corrected chi connectivity index (χ1v) is 10.7. The smallest absolute Gasteiger partial charge is 0.275 e. The molecule has 0 fully saturated rings. The zero-order valence-corrected chi connectivity index (χ0v) is 18.7. The van der Waals surface area contributed by atoms with Crippen LogP contribution in [0, 0.1) is 13.8 Å². The zero-order chi connectivity index (χ0) is 22.9. The van der Waals surface area contributed by atoms with Crippen LogP contribution >= 0.6 is 0 Å². The van der Waals surface area contributed by atoms with Crippen LogP contribution in [-0.4, -0.2) is 21.9 Å². The molecule has 0 atom stereocenters. The van der Waals surface area contributed by atoms with Gasteiger partial charge in [-0.3, -0.25) is 4.79 Å². The predicted molar refractivity (Wildman–Crippen MR) is 129 cm³/mol. The Bertz CT molecular complexity index is 1510. The number of rotatable bonds is 5. The lowest BCUT2D eigenvalue weighted by atomic mass is 9.99. The van der Waals surface area contributed by atoms with Crippen LogP contribution in [-0.2, 0) is 6.54 Å². The van der Waals surface area contributed by atoms with Crippen LogP contribution < -0.4 is 10.3 Å². The van der Waals surface area contributed by atoms with Gasteiger partial charge in [0.05, 0.1) is 24.7 Å². The summed E-state index contributed by atoms with van der Waals surface area (Å²) < 4.78 is 12.3. The fourth-order valence-electron chi connectivity index (χ4n) is 3.93. The van der Waals surface area contributed by atoms with Crippen molar-refractivity contribution < 1.29 is 9.15 Å². The minimum absolute atomic E-state index is 0.159. The van der Waals surface area contributed by atoms with E-state index in [0.29, 0.717) is 17.0 Å². The van der Waals surface area contributed by atoms with Crippen LogP contribution in [0.15, 0.2) is 82.2 Å². The largest absolute Gasteiger partial charge is 0.497 e. The predicted octanol–water partition coefficient (Wildman–Crippen LogP) is 5.39. The molecule has 0 spiro atoms. The van der Waals surface area contributed by atoms with Crippen molar-refractivity contribution in [3.63, 3.8) is 0 Å². The molecule has 0 bridgehead atoms. The van der Waals surface area contributed by atoms with Gasteiger partial charge in [-0.1, -0.05) is 35.9 Å². The van der Waals surface area contributed by atoms with E-state index in [-0.39, 0.29) is 12.1 Å². The van der Waals surface area contributed by atoms with Crippen LogP contribution in [0.3, 0.4) is 0 Å². The van der Waals surface area contributed by atoms with Crippen LogP contribution in [0.25, 0.3) is 33.5 Å². The molecule has 0 aliphatic heterocycles. The van der Waals surface area contributed by atoms with Gasteiger partial charge in [-0.05, 0) is 55.8 Å². The molecule has 0 aliphatic rings. The first kappa shape index (κ1) is 20.7. The van der Waals surface area contributed by atoms with Gasteiger partial charge in [-0.25, -0.2) is 9.67 Å². The van der Waals surface area contributed by atoms with Gasteiger partial charge in [0.25, 0.3) is 5.56 Å². The number of oxazole rings is 1. The molecule has 0 amide bonds. The summed E-state index contributed by atoms with van der Waals surface area (Å²) in [6.07, 6.45) is 1.57. The summed E-state index contributed by atoms with van der Waals surface area (Å²) in [7, 11) is 1.62. The second-order valence-corrected chi connectivity index (χ2v) is 8.05. The molecule has 6 nitrogen and oxygen atoms in total. The summed E-state index contributed by atoms with van der Waals surface area (Å²) in [6.45, 7) is 4.32. The molecule has 2 aromatic heterocycles. The maximum atomic E-state index is 13.2. The Labute approximate surface area is 191 Å². The summed E-state index contributed by atoms with van der Waals surface area (Å²) in [5.41, 5.74) is 5.33. The van der Waals surface area contributed by atoms with Crippen LogP contribution in [0.1, 0.15) is 16.8 Å². The fourth-order valence-corrected chi connectivity index (χ4v) is 3.93. The number of ether oxygens (including phenoxy) is 1. The highest BCUT2D eigenvalue weighted by molar-refractivity contribution is 5.94. The quantitative estimate of drug-likeness (QED) is 0.369. The Morgan fingerprint density at radius 1 is 0.970 bits per heavy atom. The first-order chi connectivity index (χ1) is 16.0. The van der Waals surface area contributed by atoms with Crippen molar-refractivity contribution in [2.24, 2.45) is 0 Å². The summed E-state index contributed by atoms with van der Waals surface area (Å²) in [4.78, 5) is 17.8. The molecule has 0 radical (unpaired) electrons. The number of hydrogen-bond donors (Lipinski definition) is 0. The van der Waals surface area contributed by atoms with Crippen LogP contribution in [0.5, 0.6) is 5.75 Å². The van der Waals surface area contributed by atoms with Crippen molar-refractivity contribution in [2.75, 3.05) is 7.11 Å². The SMILES string of the molecule is COc1ccc(-c2nc(Cn3nc(-c4cc(C)ccc4C)c4ccccc4c3=O)co2)cc1. The first-order valence-electron chi connectivity index (χ1n) is 10.7. The topological polar surface area (TPSA) is 70.2 Å². The molecule has 3 aromatic carbocycles. The molecular weight excluding hydrogens is 414 g/mol. The lowest BCUT2D eigenvalue weighted by molar-refractivity contribution is 0.415. The normalized spacial score (nSPS) is 11.1. The molecule has 2 heterocycles. The van der Waals surface area contributed by atoms with Crippen LogP contribution in [0.4, 0.5) is 0 Å². The van der Waals surface area contributed by atoms with E-state index in [1.165, 1.54) is 4.68 Å². The van der Waals surface area contributed by atoms with E-state index in [1.807, 2.05) is 48.5 Å². The van der Waals surface area contributed by atoms with E-state index in [0.717, 1.165) is 39.1 Å². The van der Waals surface area contributed by atoms with Gasteiger partial charge in [0.1, 0.15) is 17.7 Å². The minimum atomic E-state index is -0.159. The molecule has 0 aliphatic carbocycles. The molecule has 0 N–H and O–H groups in total. The third kappa shape index (κ3) is 3.91. The van der Waals surface area contributed by atoms with E-state index in [2.05, 4.69) is 37.0 Å². The molecule has 0 saturated carbocycles. The fraction of sp³-hybridized carbons (Fsp3) is 0.148. The second-order valence-electron chi connectivity index (χ2n) is 8.05. The van der Waals surface area contributed by atoms with Crippen molar-refractivity contribution in [2.45, 2.75) is 20.4 Å². The maximum absolute atomic E-state index is 13.2. The van der Waals surface area contributed by atoms with Gasteiger partial charge in [0.2, 0.25) is 5.89 Å². The van der Waals surface area contributed by atoms with Crippen molar-refractivity contribution in [1.82, 2.24) is 14.8 Å². The van der Waals surface area contributed by atoms with Crippen molar-refractivity contribution in [3.8, 4) is 28.5 Å². The molecule has 0 saturated heterocycles. The summed E-state index contributed by atoms with van der Waals surface area (Å²) >= 11 is 0. The highest BCUT2D eigenvalue weighted by Crippen LogP contribution is 2.28. The second kappa shape index (κ2) is 8.39. The van der Waals surface area contributed by atoms with E-state index < -0.39 is 0 Å². The number of nitrogens with zero attached hydrogens (tertiary/aromatic N) is 3. The monoisotopic (exact) mass is 437 g/mol. The number of hydrogen-bond acceptors (Lipinski definition) is 5. The third-order valence-corrected chi connectivity index (χ3v) is 5.72. The standard InChI is InChI=1S/C27H23N3O3/c1-17-8-9-18(2)24(14-17)25-22-6-4-5-7-23(22)27(31)30(29-25)15-20-16-33-26(28-20)19-10-12-21(32-3)13-11-19/h4-14,16H,15H2,1-3H3. The van der Waals surface area contributed by atoms with Gasteiger partial charge in [0, 0.05) is 16.5 Å². The van der Waals surface area contributed by atoms with Gasteiger partial charge >= 0.3 is 0 Å². The average molecular weight is 437 g/mol. The molecular formula is C27H23N3O3. The van der Waals surface area contributed by atoms with E-state index >= 15 is 0 Å². The van der Waals surface area contributed by atoms with Gasteiger partial charge in [-0.2, -0.15) is 5.10 Å². The molecule has 164 valence electrons. The Hall–Kier alpha value is -4.19. The number of methoxy groups -OCH3 is 1. The molecule has 33 heavy (non-hydrogen) atoms. The summed E-state index contributed by atoms with van der Waals surface area (Å²) in [5, 5.41) is 6.25. The maximum Gasteiger partial charge on any atom is 0.275 e. The van der Waals surface area contributed by atoms with E-state index in [1.54, 1.807) is 13.4 Å². The molecule has 5 aromatic rings. The van der Waals surface area contributed by atoms with E-state index in [9.17, 15) is 4.79 Å².